The minimum absolute atomic E-state index is 0.203. The number of sulfone groups is 2. The summed E-state index contributed by atoms with van der Waals surface area (Å²) in [6, 6.07) is 4.36. The van der Waals surface area contributed by atoms with E-state index in [0.29, 0.717) is 12.1 Å². The van der Waals surface area contributed by atoms with Gasteiger partial charge in [0.2, 0.25) is 0 Å². The first kappa shape index (κ1) is 25.4. The Labute approximate surface area is 204 Å². The van der Waals surface area contributed by atoms with Gasteiger partial charge in [-0.15, -0.1) is 0 Å². The van der Waals surface area contributed by atoms with E-state index in [9.17, 15) is 34.4 Å². The van der Waals surface area contributed by atoms with Crippen LogP contribution in [0.5, 0.6) is 5.75 Å². The highest BCUT2D eigenvalue weighted by atomic mass is 32.2. The van der Waals surface area contributed by atoms with Gasteiger partial charge >= 0.3 is 6.18 Å². The zero-order valence-electron chi connectivity index (χ0n) is 18.8. The van der Waals surface area contributed by atoms with Crippen LogP contribution in [0.2, 0.25) is 0 Å². The summed E-state index contributed by atoms with van der Waals surface area (Å²) >= 11 is 0. The number of halogens is 5. The number of benzene rings is 2. The Morgan fingerprint density at radius 3 is 2.19 bits per heavy atom. The van der Waals surface area contributed by atoms with E-state index in [1.165, 1.54) is 0 Å². The monoisotopic (exact) mass is 552 g/mol. The summed E-state index contributed by atoms with van der Waals surface area (Å²) < 4.78 is 131. The van der Waals surface area contributed by atoms with Gasteiger partial charge in [-0.1, -0.05) is 0 Å². The summed E-state index contributed by atoms with van der Waals surface area (Å²) in [7, 11) is -8.15. The van der Waals surface area contributed by atoms with Gasteiger partial charge in [0.1, 0.15) is 10.6 Å². The third kappa shape index (κ3) is 3.73. The van der Waals surface area contributed by atoms with Crippen molar-refractivity contribution < 1.29 is 48.3 Å². The molecule has 2 fully saturated rings. The third-order valence-corrected chi connectivity index (χ3v) is 11.6. The lowest BCUT2D eigenvalue weighted by Gasteiger charge is -2.50. The first-order valence-corrected chi connectivity index (χ1v) is 14.5. The molecule has 5 atom stereocenters. The number of hydrogen-bond donors (Lipinski definition) is 0. The Balaban J connectivity index is 1.70. The van der Waals surface area contributed by atoms with E-state index in [1.54, 1.807) is 0 Å². The summed E-state index contributed by atoms with van der Waals surface area (Å²) in [4.78, 5) is -0.506. The predicted molar refractivity (Wildman–Crippen MR) is 117 cm³/mol. The molecule has 1 aliphatic carbocycles. The lowest BCUT2D eigenvalue weighted by molar-refractivity contribution is -0.137. The molecular formula is C23H21F5O6S2. The van der Waals surface area contributed by atoms with E-state index in [2.05, 4.69) is 0 Å². The smallest absolute Gasteiger partial charge is 0.416 e. The largest absolute Gasteiger partial charge is 0.490 e. The molecule has 5 rings (SSSR count). The molecule has 3 aliphatic rings. The molecule has 13 heteroatoms. The molecule has 2 aromatic rings. The van der Waals surface area contributed by atoms with Crippen LogP contribution in [0, 0.1) is 23.5 Å². The van der Waals surface area contributed by atoms with E-state index >= 15 is 4.39 Å². The molecule has 0 aromatic heterocycles. The van der Waals surface area contributed by atoms with Crippen molar-refractivity contribution in [2.75, 3.05) is 19.5 Å². The van der Waals surface area contributed by atoms with Crippen molar-refractivity contribution >= 4 is 19.7 Å². The van der Waals surface area contributed by atoms with E-state index in [0.717, 1.165) is 30.5 Å². The fourth-order valence-corrected chi connectivity index (χ4v) is 9.33. The van der Waals surface area contributed by atoms with Crippen LogP contribution in [0.4, 0.5) is 22.0 Å². The van der Waals surface area contributed by atoms with Crippen molar-refractivity contribution in [1.82, 2.24) is 0 Å². The standard InChI is InChI=1S/C23H21F5O6S2/c1-35(29,30)18-10-14(18)20-15-11-34-21-17(25)7-6-16(24)19(21)22(15,8-9-33-20)36(31,32)13-4-2-12(3-5-13)23(26,27)28/h2-7,14-15,18,20H,8-11H2,1H3/t14?,15?,18?,20-,22-/m0/s1. The van der Waals surface area contributed by atoms with Crippen molar-refractivity contribution in [2.45, 2.75) is 40.0 Å². The highest BCUT2D eigenvalue weighted by Gasteiger charge is 2.65. The quantitative estimate of drug-likeness (QED) is 0.536. The second-order valence-corrected chi connectivity index (χ2v) is 13.9. The predicted octanol–water partition coefficient (Wildman–Crippen LogP) is 3.88. The molecule has 6 nitrogen and oxygen atoms in total. The summed E-state index contributed by atoms with van der Waals surface area (Å²) in [6.07, 6.45) is -4.76. The van der Waals surface area contributed by atoms with Crippen LogP contribution in [0.3, 0.4) is 0 Å². The Kier molecular flexibility index (Phi) is 5.73. The zero-order chi connectivity index (χ0) is 26.3. The van der Waals surface area contributed by atoms with Gasteiger partial charge in [-0.2, -0.15) is 13.2 Å². The third-order valence-electron chi connectivity index (χ3n) is 7.39. The molecule has 1 saturated heterocycles. The summed E-state index contributed by atoms with van der Waals surface area (Å²) in [5.41, 5.74) is -1.62. The number of rotatable bonds is 4. The van der Waals surface area contributed by atoms with Crippen molar-refractivity contribution in [3.8, 4) is 5.75 Å². The molecule has 196 valence electrons. The van der Waals surface area contributed by atoms with Gasteiger partial charge in [-0.3, -0.25) is 0 Å². The average molecular weight is 553 g/mol. The number of ether oxygens (including phenoxy) is 2. The molecule has 36 heavy (non-hydrogen) atoms. The molecule has 0 amide bonds. The Morgan fingerprint density at radius 1 is 0.972 bits per heavy atom. The van der Waals surface area contributed by atoms with Crippen molar-refractivity contribution in [2.24, 2.45) is 11.8 Å². The SMILES string of the molecule is CS(=O)(=O)C1CC1[C@@H]1OCC[C@@]2(S(=O)(=O)c3ccc(C(F)(F)F)cc3)c3c(F)ccc(F)c3OCC12. The van der Waals surface area contributed by atoms with Crippen molar-refractivity contribution in [3.05, 3.63) is 59.2 Å². The highest BCUT2D eigenvalue weighted by molar-refractivity contribution is 7.92. The van der Waals surface area contributed by atoms with Gasteiger partial charge in [-0.25, -0.2) is 25.6 Å². The highest BCUT2D eigenvalue weighted by Crippen LogP contribution is 2.59. The summed E-state index contributed by atoms with van der Waals surface area (Å²) in [5.74, 6) is -4.36. The maximum atomic E-state index is 15.3. The Hall–Kier alpha value is -2.25. The van der Waals surface area contributed by atoms with Gasteiger partial charge in [-0.05, 0) is 49.2 Å². The zero-order valence-corrected chi connectivity index (χ0v) is 20.4. The molecule has 0 radical (unpaired) electrons. The van der Waals surface area contributed by atoms with Crippen LogP contribution in [-0.4, -0.2) is 47.7 Å². The fraction of sp³-hybridized carbons (Fsp3) is 0.478. The molecule has 2 aromatic carbocycles. The van der Waals surface area contributed by atoms with E-state index < -0.39 is 93.8 Å². The minimum atomic E-state index is -4.71. The lowest BCUT2D eigenvalue weighted by Crippen LogP contribution is -2.58. The van der Waals surface area contributed by atoms with Crippen LogP contribution >= 0.6 is 0 Å². The maximum absolute atomic E-state index is 15.3. The van der Waals surface area contributed by atoms with Crippen LogP contribution in [-0.2, 0) is 35.3 Å². The van der Waals surface area contributed by atoms with Crippen LogP contribution in [0.15, 0.2) is 41.3 Å². The van der Waals surface area contributed by atoms with E-state index in [-0.39, 0.29) is 19.4 Å². The Bertz CT molecular complexity index is 1420. The number of fused-ring (bicyclic) bond motifs is 3. The average Bonchev–Trinajstić information content (AvgIpc) is 3.61. The molecular weight excluding hydrogens is 531 g/mol. The minimum Gasteiger partial charge on any atom is -0.490 e. The molecule has 2 aliphatic heterocycles. The second kappa shape index (κ2) is 8.12. The molecule has 2 heterocycles. The topological polar surface area (TPSA) is 86.7 Å². The second-order valence-electron chi connectivity index (χ2n) is 9.42. The van der Waals surface area contributed by atoms with Crippen LogP contribution in [0.25, 0.3) is 0 Å². The van der Waals surface area contributed by atoms with Crippen LogP contribution < -0.4 is 4.74 Å². The van der Waals surface area contributed by atoms with Crippen molar-refractivity contribution in [1.29, 1.82) is 0 Å². The first-order valence-electron chi connectivity index (χ1n) is 11.0. The van der Waals surface area contributed by atoms with Crippen LogP contribution in [0.1, 0.15) is 24.0 Å². The lowest BCUT2D eigenvalue weighted by atomic mass is 9.74. The maximum Gasteiger partial charge on any atom is 0.416 e. The molecule has 1 saturated carbocycles. The van der Waals surface area contributed by atoms with Gasteiger partial charge in [0.25, 0.3) is 0 Å². The first-order chi connectivity index (χ1) is 16.7. The molecule has 0 N–H and O–H groups in total. The number of alkyl halides is 3. The molecule has 3 unspecified atom stereocenters. The van der Waals surface area contributed by atoms with Gasteiger partial charge in [0.05, 0.1) is 34.0 Å². The molecule has 0 spiro atoms. The summed E-state index contributed by atoms with van der Waals surface area (Å²) in [6.45, 7) is -0.631. The van der Waals surface area contributed by atoms with Crippen molar-refractivity contribution in [3.63, 3.8) is 0 Å². The fourth-order valence-electron chi connectivity index (χ4n) is 5.65. The van der Waals surface area contributed by atoms with E-state index in [4.69, 9.17) is 9.47 Å². The Morgan fingerprint density at radius 2 is 1.61 bits per heavy atom. The van der Waals surface area contributed by atoms with Gasteiger partial charge < -0.3 is 9.47 Å². The van der Waals surface area contributed by atoms with Gasteiger partial charge in [0, 0.05) is 24.7 Å². The molecule has 0 bridgehead atoms. The normalized spacial score (nSPS) is 30.2. The summed E-state index contributed by atoms with van der Waals surface area (Å²) in [5, 5.41) is -0.786. The van der Waals surface area contributed by atoms with E-state index in [1.807, 2.05) is 0 Å². The van der Waals surface area contributed by atoms with Gasteiger partial charge in [0.15, 0.2) is 31.2 Å². The number of hydrogen-bond acceptors (Lipinski definition) is 6.